The normalized spacial score (nSPS) is 20.6. The predicted octanol–water partition coefficient (Wildman–Crippen LogP) is 4.58. The van der Waals surface area contributed by atoms with Gasteiger partial charge >= 0.3 is 6.09 Å². The number of hydrogen-bond donors (Lipinski definition) is 1. The SMILES string of the molecule is CCNCC1CCC(CCN(C)C(=O)Oc2ccc(Cl)cc2)CC1. The predicted molar refractivity (Wildman–Crippen MR) is 98.7 cm³/mol. The lowest BCUT2D eigenvalue weighted by atomic mass is 9.80. The summed E-state index contributed by atoms with van der Waals surface area (Å²) >= 11 is 5.83. The van der Waals surface area contributed by atoms with Crippen molar-refractivity contribution in [1.29, 1.82) is 0 Å². The molecule has 0 atom stereocenters. The van der Waals surface area contributed by atoms with Gasteiger partial charge in [0.05, 0.1) is 0 Å². The smallest absolute Gasteiger partial charge is 0.410 e. The van der Waals surface area contributed by atoms with E-state index in [0.29, 0.717) is 10.8 Å². The van der Waals surface area contributed by atoms with E-state index < -0.39 is 0 Å². The van der Waals surface area contributed by atoms with Gasteiger partial charge in [-0.25, -0.2) is 4.79 Å². The summed E-state index contributed by atoms with van der Waals surface area (Å²) in [5, 5.41) is 4.08. The molecule has 5 heteroatoms. The molecule has 1 N–H and O–H groups in total. The van der Waals surface area contributed by atoms with Gasteiger partial charge in [-0.3, -0.25) is 0 Å². The number of carbonyl (C=O) groups excluding carboxylic acids is 1. The number of ether oxygens (including phenoxy) is 1. The fourth-order valence-electron chi connectivity index (χ4n) is 3.22. The molecule has 24 heavy (non-hydrogen) atoms. The van der Waals surface area contributed by atoms with Crippen LogP contribution in [0.1, 0.15) is 39.0 Å². The standard InChI is InChI=1S/C19H29ClN2O2/c1-3-21-14-16-6-4-15(5-7-16)12-13-22(2)19(23)24-18-10-8-17(20)9-11-18/h8-11,15-16,21H,3-7,12-14H2,1-2H3. The van der Waals surface area contributed by atoms with Crippen LogP contribution in [0.25, 0.3) is 0 Å². The average molecular weight is 353 g/mol. The van der Waals surface area contributed by atoms with E-state index in [-0.39, 0.29) is 6.09 Å². The Bertz CT molecular complexity index is 499. The number of nitrogens with one attached hydrogen (secondary N) is 1. The summed E-state index contributed by atoms with van der Waals surface area (Å²) in [6.45, 7) is 5.11. The summed E-state index contributed by atoms with van der Waals surface area (Å²) in [4.78, 5) is 13.8. The third kappa shape index (κ3) is 6.33. The van der Waals surface area contributed by atoms with E-state index in [2.05, 4.69) is 12.2 Å². The van der Waals surface area contributed by atoms with Gasteiger partial charge in [0, 0.05) is 18.6 Å². The minimum absolute atomic E-state index is 0.307. The Hall–Kier alpha value is -1.26. The van der Waals surface area contributed by atoms with Crippen LogP contribution in [0.15, 0.2) is 24.3 Å². The summed E-state index contributed by atoms with van der Waals surface area (Å²) in [5.74, 6) is 2.09. The van der Waals surface area contributed by atoms with Gasteiger partial charge in [-0.15, -0.1) is 0 Å². The molecule has 1 aliphatic carbocycles. The molecule has 0 aliphatic heterocycles. The lowest BCUT2D eigenvalue weighted by molar-refractivity contribution is 0.156. The van der Waals surface area contributed by atoms with E-state index in [0.717, 1.165) is 37.9 Å². The maximum Gasteiger partial charge on any atom is 0.414 e. The first-order valence-electron chi connectivity index (χ1n) is 8.97. The highest BCUT2D eigenvalue weighted by molar-refractivity contribution is 6.30. The Morgan fingerprint density at radius 2 is 1.83 bits per heavy atom. The second kappa shape index (κ2) is 9.90. The van der Waals surface area contributed by atoms with E-state index in [1.807, 2.05) is 0 Å². The zero-order chi connectivity index (χ0) is 17.4. The van der Waals surface area contributed by atoms with Gasteiger partial charge in [0.2, 0.25) is 0 Å². The second-order valence-corrected chi connectivity index (χ2v) is 7.16. The van der Waals surface area contributed by atoms with Crippen LogP contribution in [-0.4, -0.2) is 37.7 Å². The van der Waals surface area contributed by atoms with Gasteiger partial charge in [0.25, 0.3) is 0 Å². The average Bonchev–Trinajstić information content (AvgIpc) is 2.60. The summed E-state index contributed by atoms with van der Waals surface area (Å²) in [5.41, 5.74) is 0. The number of nitrogens with zero attached hydrogens (tertiary/aromatic N) is 1. The molecular formula is C19H29ClN2O2. The minimum Gasteiger partial charge on any atom is -0.410 e. The van der Waals surface area contributed by atoms with Crippen LogP contribution in [0.5, 0.6) is 5.75 Å². The first kappa shape index (κ1) is 19.1. The number of halogens is 1. The molecule has 0 bridgehead atoms. The van der Waals surface area contributed by atoms with Crippen molar-refractivity contribution in [2.45, 2.75) is 39.0 Å². The van der Waals surface area contributed by atoms with E-state index in [1.54, 1.807) is 36.2 Å². The molecular weight excluding hydrogens is 324 g/mol. The second-order valence-electron chi connectivity index (χ2n) is 6.73. The highest BCUT2D eigenvalue weighted by Gasteiger charge is 2.22. The molecule has 1 fully saturated rings. The maximum atomic E-state index is 12.1. The Labute approximate surface area is 150 Å². The molecule has 1 aromatic rings. The van der Waals surface area contributed by atoms with Crippen LogP contribution in [0.4, 0.5) is 4.79 Å². The fourth-order valence-corrected chi connectivity index (χ4v) is 3.35. The lowest BCUT2D eigenvalue weighted by Crippen LogP contribution is -2.32. The number of rotatable bonds is 7. The first-order chi connectivity index (χ1) is 11.6. The van der Waals surface area contributed by atoms with Crippen molar-refractivity contribution in [1.82, 2.24) is 10.2 Å². The molecule has 1 aliphatic rings. The molecule has 0 heterocycles. The van der Waals surface area contributed by atoms with Gasteiger partial charge in [-0.1, -0.05) is 31.4 Å². The van der Waals surface area contributed by atoms with Crippen molar-refractivity contribution < 1.29 is 9.53 Å². The van der Waals surface area contributed by atoms with E-state index in [1.165, 1.54) is 25.7 Å². The maximum absolute atomic E-state index is 12.1. The highest BCUT2D eigenvalue weighted by Crippen LogP contribution is 2.30. The minimum atomic E-state index is -0.307. The molecule has 0 saturated heterocycles. The van der Waals surface area contributed by atoms with Gasteiger partial charge in [0.1, 0.15) is 5.75 Å². The molecule has 0 spiro atoms. The highest BCUT2D eigenvalue weighted by atomic mass is 35.5. The van der Waals surface area contributed by atoms with E-state index in [9.17, 15) is 4.79 Å². The monoisotopic (exact) mass is 352 g/mol. The fraction of sp³-hybridized carbons (Fsp3) is 0.632. The zero-order valence-electron chi connectivity index (χ0n) is 14.8. The summed E-state index contributed by atoms with van der Waals surface area (Å²) in [7, 11) is 1.80. The number of benzene rings is 1. The van der Waals surface area contributed by atoms with Crippen molar-refractivity contribution in [2.24, 2.45) is 11.8 Å². The Balaban J connectivity index is 1.66. The van der Waals surface area contributed by atoms with Crippen molar-refractivity contribution in [2.75, 3.05) is 26.7 Å². The van der Waals surface area contributed by atoms with Crippen LogP contribution in [0, 0.1) is 11.8 Å². The van der Waals surface area contributed by atoms with Crippen LogP contribution in [0.2, 0.25) is 5.02 Å². The van der Waals surface area contributed by atoms with Crippen LogP contribution >= 0.6 is 11.6 Å². The van der Waals surface area contributed by atoms with Gasteiger partial charge in [-0.2, -0.15) is 0 Å². The third-order valence-corrected chi connectivity index (χ3v) is 5.10. The van der Waals surface area contributed by atoms with Gasteiger partial charge in [-0.05, 0) is 68.5 Å². The number of hydrogen-bond acceptors (Lipinski definition) is 3. The van der Waals surface area contributed by atoms with Crippen molar-refractivity contribution in [3.63, 3.8) is 0 Å². The van der Waals surface area contributed by atoms with Crippen LogP contribution in [-0.2, 0) is 0 Å². The van der Waals surface area contributed by atoms with Crippen LogP contribution < -0.4 is 10.1 Å². The Kier molecular flexibility index (Phi) is 7.86. The van der Waals surface area contributed by atoms with Gasteiger partial charge < -0.3 is 15.0 Å². The summed E-state index contributed by atoms with van der Waals surface area (Å²) < 4.78 is 5.35. The number of amides is 1. The topological polar surface area (TPSA) is 41.6 Å². The zero-order valence-corrected chi connectivity index (χ0v) is 15.5. The molecule has 1 aromatic carbocycles. The molecule has 1 amide bonds. The third-order valence-electron chi connectivity index (χ3n) is 4.85. The molecule has 0 aromatic heterocycles. The number of carbonyl (C=O) groups is 1. The molecule has 4 nitrogen and oxygen atoms in total. The van der Waals surface area contributed by atoms with E-state index in [4.69, 9.17) is 16.3 Å². The molecule has 0 unspecified atom stereocenters. The Morgan fingerprint density at radius 3 is 2.46 bits per heavy atom. The van der Waals surface area contributed by atoms with Crippen molar-refractivity contribution >= 4 is 17.7 Å². The lowest BCUT2D eigenvalue weighted by Gasteiger charge is -2.29. The quantitative estimate of drug-likeness (QED) is 0.781. The first-order valence-corrected chi connectivity index (χ1v) is 9.35. The molecule has 1 saturated carbocycles. The Morgan fingerprint density at radius 1 is 1.21 bits per heavy atom. The van der Waals surface area contributed by atoms with Crippen molar-refractivity contribution in [3.05, 3.63) is 29.3 Å². The molecule has 134 valence electrons. The van der Waals surface area contributed by atoms with E-state index >= 15 is 0 Å². The summed E-state index contributed by atoms with van der Waals surface area (Å²) in [6, 6.07) is 6.85. The largest absolute Gasteiger partial charge is 0.414 e. The summed E-state index contributed by atoms with van der Waals surface area (Å²) in [6.07, 6.45) is 5.90. The van der Waals surface area contributed by atoms with Crippen LogP contribution in [0.3, 0.4) is 0 Å². The molecule has 0 radical (unpaired) electrons. The van der Waals surface area contributed by atoms with Crippen molar-refractivity contribution in [3.8, 4) is 5.75 Å². The van der Waals surface area contributed by atoms with Gasteiger partial charge in [0.15, 0.2) is 0 Å². The molecule has 2 rings (SSSR count).